The molecule has 3 saturated carbocycles. The Morgan fingerprint density at radius 3 is 1.20 bits per heavy atom. The van der Waals surface area contributed by atoms with Crippen LogP contribution in [0, 0.1) is 23.7 Å². The molecule has 2 N–H and O–H groups in total. The molecule has 0 amide bonds. The summed E-state index contributed by atoms with van der Waals surface area (Å²) >= 11 is 0. The SMILES string of the molecule is CCCCCCCCCCCCCCCCCCCCOC1C(C2CCCCC2)CC(N)CC1C1CCCCC1. The smallest absolute Gasteiger partial charge is 0.0637 e. The Bertz CT molecular complexity index is 538. The molecule has 3 aliphatic carbocycles. The first-order valence-corrected chi connectivity index (χ1v) is 19.2. The van der Waals surface area contributed by atoms with E-state index >= 15 is 0 Å². The Morgan fingerprint density at radius 2 is 0.825 bits per heavy atom. The van der Waals surface area contributed by atoms with E-state index in [4.69, 9.17) is 10.5 Å². The highest BCUT2D eigenvalue weighted by molar-refractivity contribution is 4.95. The molecule has 2 atom stereocenters. The maximum absolute atomic E-state index is 6.94. The van der Waals surface area contributed by atoms with Gasteiger partial charge in [-0.1, -0.05) is 180 Å². The van der Waals surface area contributed by atoms with E-state index in [2.05, 4.69) is 6.92 Å². The van der Waals surface area contributed by atoms with Gasteiger partial charge in [0.25, 0.3) is 0 Å². The molecule has 0 radical (unpaired) electrons. The fourth-order valence-electron chi connectivity index (χ4n) is 8.90. The molecular weight excluding hydrogens is 486 g/mol. The summed E-state index contributed by atoms with van der Waals surface area (Å²) in [5, 5.41) is 0. The minimum Gasteiger partial charge on any atom is -0.378 e. The van der Waals surface area contributed by atoms with Crippen molar-refractivity contribution in [3.05, 3.63) is 0 Å². The number of rotatable bonds is 22. The zero-order valence-corrected chi connectivity index (χ0v) is 27.4. The van der Waals surface area contributed by atoms with Gasteiger partial charge in [0.15, 0.2) is 0 Å². The third kappa shape index (κ3) is 13.9. The standard InChI is InChI=1S/C38H73NO/c1-2-3-4-5-6-7-8-9-10-11-12-13-14-15-16-17-18-25-30-40-38-36(33-26-21-19-22-27-33)31-35(39)32-37(38)34-28-23-20-24-29-34/h33-38H,2-32,39H2,1H3. The first kappa shape index (κ1) is 34.4. The first-order chi connectivity index (χ1) is 19.8. The molecule has 0 spiro atoms. The molecule has 3 fully saturated rings. The van der Waals surface area contributed by atoms with Crippen molar-refractivity contribution in [2.45, 2.75) is 212 Å². The number of hydrogen-bond donors (Lipinski definition) is 1. The minimum absolute atomic E-state index is 0.420. The van der Waals surface area contributed by atoms with Crippen LogP contribution in [-0.4, -0.2) is 18.8 Å². The normalized spacial score (nSPS) is 26.9. The van der Waals surface area contributed by atoms with E-state index in [1.54, 1.807) is 0 Å². The van der Waals surface area contributed by atoms with Crippen LogP contribution < -0.4 is 5.73 Å². The van der Waals surface area contributed by atoms with E-state index in [1.807, 2.05) is 0 Å². The van der Waals surface area contributed by atoms with E-state index in [0.717, 1.165) is 30.3 Å². The fraction of sp³-hybridized carbons (Fsp3) is 1.00. The van der Waals surface area contributed by atoms with Gasteiger partial charge in [0.05, 0.1) is 6.10 Å². The molecule has 3 rings (SSSR count). The van der Waals surface area contributed by atoms with Gasteiger partial charge in [-0.2, -0.15) is 0 Å². The Balaban J connectivity index is 1.21. The van der Waals surface area contributed by atoms with E-state index in [9.17, 15) is 0 Å². The molecule has 0 bridgehead atoms. The molecular formula is C38H73NO. The van der Waals surface area contributed by atoms with Crippen LogP contribution in [0.15, 0.2) is 0 Å². The van der Waals surface area contributed by atoms with Crippen molar-refractivity contribution in [3.63, 3.8) is 0 Å². The van der Waals surface area contributed by atoms with Crippen molar-refractivity contribution in [1.82, 2.24) is 0 Å². The lowest BCUT2D eigenvalue weighted by Gasteiger charge is -2.48. The van der Waals surface area contributed by atoms with Crippen LogP contribution in [-0.2, 0) is 4.74 Å². The van der Waals surface area contributed by atoms with Gasteiger partial charge in [-0.3, -0.25) is 0 Å². The third-order valence-electron chi connectivity index (χ3n) is 11.3. The molecule has 0 aromatic heterocycles. The molecule has 3 aliphatic rings. The van der Waals surface area contributed by atoms with E-state index in [0.29, 0.717) is 12.1 Å². The summed E-state index contributed by atoms with van der Waals surface area (Å²) in [6.45, 7) is 3.31. The average Bonchev–Trinajstić information content (AvgIpc) is 2.99. The van der Waals surface area contributed by atoms with E-state index in [1.165, 1.54) is 193 Å². The van der Waals surface area contributed by atoms with Crippen LogP contribution in [0.3, 0.4) is 0 Å². The van der Waals surface area contributed by atoms with Gasteiger partial charge >= 0.3 is 0 Å². The monoisotopic (exact) mass is 560 g/mol. The van der Waals surface area contributed by atoms with E-state index < -0.39 is 0 Å². The Hall–Kier alpha value is -0.0800. The molecule has 2 unspecified atom stereocenters. The Labute approximate surface area is 252 Å². The maximum Gasteiger partial charge on any atom is 0.0637 e. The van der Waals surface area contributed by atoms with Crippen molar-refractivity contribution in [3.8, 4) is 0 Å². The molecule has 2 nitrogen and oxygen atoms in total. The fourth-order valence-corrected chi connectivity index (χ4v) is 8.90. The first-order valence-electron chi connectivity index (χ1n) is 19.2. The minimum atomic E-state index is 0.420. The van der Waals surface area contributed by atoms with Crippen molar-refractivity contribution in [2.75, 3.05) is 6.61 Å². The van der Waals surface area contributed by atoms with Crippen LogP contribution in [0.2, 0.25) is 0 Å². The predicted octanol–water partition coefficient (Wildman–Crippen LogP) is 11.9. The van der Waals surface area contributed by atoms with Crippen molar-refractivity contribution >= 4 is 0 Å². The zero-order valence-electron chi connectivity index (χ0n) is 27.4. The second-order valence-electron chi connectivity index (χ2n) is 14.7. The highest BCUT2D eigenvalue weighted by Crippen LogP contribution is 2.46. The van der Waals surface area contributed by atoms with Gasteiger partial charge in [-0.25, -0.2) is 0 Å². The third-order valence-corrected chi connectivity index (χ3v) is 11.3. The van der Waals surface area contributed by atoms with E-state index in [-0.39, 0.29) is 0 Å². The number of unbranched alkanes of at least 4 members (excludes halogenated alkanes) is 17. The van der Waals surface area contributed by atoms with Gasteiger partial charge in [0, 0.05) is 12.6 Å². The maximum atomic E-state index is 6.94. The number of nitrogens with two attached hydrogens (primary N) is 1. The van der Waals surface area contributed by atoms with Gasteiger partial charge in [0.1, 0.15) is 0 Å². The summed E-state index contributed by atoms with van der Waals surface area (Å²) in [4.78, 5) is 0. The highest BCUT2D eigenvalue weighted by atomic mass is 16.5. The summed E-state index contributed by atoms with van der Waals surface area (Å²) in [5.41, 5.74) is 6.74. The molecule has 0 heterocycles. The molecule has 2 heteroatoms. The average molecular weight is 560 g/mol. The predicted molar refractivity (Wildman–Crippen MR) is 176 cm³/mol. The van der Waals surface area contributed by atoms with Gasteiger partial charge in [-0.15, -0.1) is 0 Å². The lowest BCUT2D eigenvalue weighted by molar-refractivity contribution is -0.0953. The van der Waals surface area contributed by atoms with Crippen molar-refractivity contribution in [1.29, 1.82) is 0 Å². The summed E-state index contributed by atoms with van der Waals surface area (Å²) in [5.74, 6) is 3.26. The summed E-state index contributed by atoms with van der Waals surface area (Å²) in [7, 11) is 0. The topological polar surface area (TPSA) is 35.2 Å². The molecule has 40 heavy (non-hydrogen) atoms. The number of ether oxygens (including phenoxy) is 1. The van der Waals surface area contributed by atoms with Crippen LogP contribution in [0.4, 0.5) is 0 Å². The molecule has 236 valence electrons. The van der Waals surface area contributed by atoms with Gasteiger partial charge in [-0.05, 0) is 42.9 Å². The van der Waals surface area contributed by atoms with Crippen LogP contribution >= 0.6 is 0 Å². The van der Waals surface area contributed by atoms with Gasteiger partial charge in [0.2, 0.25) is 0 Å². The molecule has 0 aromatic carbocycles. The summed E-state index contributed by atoms with van der Waals surface area (Å²) < 4.78 is 6.94. The second kappa shape index (κ2) is 22.5. The van der Waals surface area contributed by atoms with Crippen LogP contribution in [0.1, 0.15) is 200 Å². The van der Waals surface area contributed by atoms with Crippen LogP contribution in [0.5, 0.6) is 0 Å². The van der Waals surface area contributed by atoms with Crippen molar-refractivity contribution < 1.29 is 4.74 Å². The Kier molecular flexibility index (Phi) is 19.3. The Morgan fingerprint density at radius 1 is 0.475 bits per heavy atom. The zero-order chi connectivity index (χ0) is 28.1. The van der Waals surface area contributed by atoms with Gasteiger partial charge < -0.3 is 10.5 Å². The lowest BCUT2D eigenvalue weighted by Crippen LogP contribution is -2.49. The molecule has 0 aliphatic heterocycles. The summed E-state index contributed by atoms with van der Waals surface area (Å²) in [6.07, 6.45) is 43.3. The lowest BCUT2D eigenvalue weighted by atomic mass is 9.62. The number of hydrogen-bond acceptors (Lipinski definition) is 2. The summed E-state index contributed by atoms with van der Waals surface area (Å²) in [6, 6.07) is 0.420. The molecule has 0 saturated heterocycles. The largest absolute Gasteiger partial charge is 0.378 e. The van der Waals surface area contributed by atoms with Crippen LogP contribution in [0.25, 0.3) is 0 Å². The highest BCUT2D eigenvalue weighted by Gasteiger charge is 2.44. The molecule has 0 aromatic rings. The quantitative estimate of drug-likeness (QED) is 0.134. The second-order valence-corrected chi connectivity index (χ2v) is 14.7. The van der Waals surface area contributed by atoms with Crippen molar-refractivity contribution in [2.24, 2.45) is 29.4 Å².